The van der Waals surface area contributed by atoms with E-state index in [1.54, 1.807) is 26.8 Å². The SMILES string of the molecule is CC(C)(C)CC(=O)OCC(=O)[C@@]12OC(C)(C)O[C@H]1C[C@H]1[C@@H]3CCC4=CC(=O)C=C[C@]4(C)[C@@]3(F)[C@@H](O)C[C@@]12C. The number of carbonyl (C=O) groups excluding carboxylic acids is 3. The van der Waals surface area contributed by atoms with Gasteiger partial charge in [-0.25, -0.2) is 4.39 Å². The Morgan fingerprint density at radius 1 is 1.18 bits per heavy atom. The van der Waals surface area contributed by atoms with Crippen LogP contribution < -0.4 is 0 Å². The number of esters is 1. The average molecular weight is 533 g/mol. The Morgan fingerprint density at radius 3 is 2.53 bits per heavy atom. The molecule has 0 unspecified atom stereocenters. The quantitative estimate of drug-likeness (QED) is 0.536. The standard InChI is InChI=1S/C30H41FO7/c1-25(2,3)15-24(35)36-16-22(34)30-23(37-26(4,5)38-30)13-20-19-9-8-17-12-18(32)10-11-27(17,6)29(19,31)21(33)14-28(20,30)7/h10-12,19-21,23,33H,8-9,13-16H2,1-7H3/t19-,20-,21-,23-,27-,28-,29-,30+/m0/s1. The summed E-state index contributed by atoms with van der Waals surface area (Å²) < 4.78 is 35.6. The summed E-state index contributed by atoms with van der Waals surface area (Å²) in [5, 5.41) is 11.6. The zero-order valence-electron chi connectivity index (χ0n) is 23.6. The van der Waals surface area contributed by atoms with E-state index in [-0.39, 0.29) is 30.0 Å². The van der Waals surface area contributed by atoms with Gasteiger partial charge in [0, 0.05) is 16.7 Å². The lowest BCUT2D eigenvalue weighted by Gasteiger charge is -2.62. The number of rotatable bonds is 4. The first-order valence-electron chi connectivity index (χ1n) is 13.8. The van der Waals surface area contributed by atoms with Crippen LogP contribution in [0.4, 0.5) is 4.39 Å². The van der Waals surface area contributed by atoms with Gasteiger partial charge < -0.3 is 19.3 Å². The van der Waals surface area contributed by atoms with E-state index < -0.39 is 64.4 Å². The summed E-state index contributed by atoms with van der Waals surface area (Å²) in [5.74, 6) is -3.02. The van der Waals surface area contributed by atoms with Gasteiger partial charge in [0.25, 0.3) is 0 Å². The fourth-order valence-electron chi connectivity index (χ4n) is 8.55. The first-order chi connectivity index (χ1) is 17.4. The summed E-state index contributed by atoms with van der Waals surface area (Å²) >= 11 is 0. The second-order valence-electron chi connectivity index (χ2n) is 14.2. The molecule has 38 heavy (non-hydrogen) atoms. The Morgan fingerprint density at radius 2 is 1.87 bits per heavy atom. The number of hydrogen-bond donors (Lipinski definition) is 1. The van der Waals surface area contributed by atoms with Gasteiger partial charge in [-0.15, -0.1) is 0 Å². The van der Waals surface area contributed by atoms with Crippen LogP contribution in [0, 0.1) is 28.1 Å². The van der Waals surface area contributed by atoms with Crippen molar-refractivity contribution in [2.24, 2.45) is 28.1 Å². The van der Waals surface area contributed by atoms with Gasteiger partial charge >= 0.3 is 5.97 Å². The number of fused-ring (bicyclic) bond motifs is 7. The van der Waals surface area contributed by atoms with Gasteiger partial charge in [0.15, 0.2) is 29.4 Å². The van der Waals surface area contributed by atoms with Crippen molar-refractivity contribution < 1.29 is 38.1 Å². The summed E-state index contributed by atoms with van der Waals surface area (Å²) in [6.07, 6.45) is 3.96. The van der Waals surface area contributed by atoms with Crippen molar-refractivity contribution in [3.63, 3.8) is 0 Å². The van der Waals surface area contributed by atoms with Crippen LogP contribution in [0.15, 0.2) is 23.8 Å². The van der Waals surface area contributed by atoms with Crippen molar-refractivity contribution in [3.05, 3.63) is 23.8 Å². The number of hydrogen-bond acceptors (Lipinski definition) is 7. The predicted molar refractivity (Wildman–Crippen MR) is 137 cm³/mol. The van der Waals surface area contributed by atoms with Crippen LogP contribution >= 0.6 is 0 Å². The summed E-state index contributed by atoms with van der Waals surface area (Å²) in [7, 11) is 0. The molecule has 0 aromatic carbocycles. The van der Waals surface area contributed by atoms with Gasteiger partial charge in [0.1, 0.15) is 0 Å². The molecule has 0 aromatic rings. The molecule has 7 nitrogen and oxygen atoms in total. The van der Waals surface area contributed by atoms with E-state index in [1.807, 2.05) is 27.7 Å². The maximum atomic E-state index is 17.4. The third-order valence-corrected chi connectivity index (χ3v) is 10.1. The van der Waals surface area contributed by atoms with Crippen molar-refractivity contribution in [2.45, 2.75) is 110 Å². The molecular weight excluding hydrogens is 491 g/mol. The molecule has 0 spiro atoms. The highest BCUT2D eigenvalue weighted by molar-refractivity contribution is 6.01. The molecule has 4 fully saturated rings. The molecule has 8 atom stereocenters. The molecular formula is C30H41FO7. The Kier molecular flexibility index (Phi) is 6.05. The molecule has 1 N–H and O–H groups in total. The van der Waals surface area contributed by atoms with Gasteiger partial charge in [-0.2, -0.15) is 0 Å². The van der Waals surface area contributed by atoms with Crippen LogP contribution in [0.1, 0.15) is 80.6 Å². The molecule has 210 valence electrons. The highest BCUT2D eigenvalue weighted by atomic mass is 19.1. The van der Waals surface area contributed by atoms with Crippen molar-refractivity contribution in [3.8, 4) is 0 Å². The molecule has 5 rings (SSSR count). The Balaban J connectivity index is 1.51. The summed E-state index contributed by atoms with van der Waals surface area (Å²) in [4.78, 5) is 38.6. The number of aliphatic hydroxyl groups excluding tert-OH is 1. The highest BCUT2D eigenvalue weighted by Gasteiger charge is 2.80. The van der Waals surface area contributed by atoms with Crippen LogP contribution in [-0.4, -0.2) is 58.5 Å². The highest BCUT2D eigenvalue weighted by Crippen LogP contribution is 2.72. The monoisotopic (exact) mass is 532 g/mol. The van der Waals surface area contributed by atoms with E-state index in [2.05, 4.69) is 0 Å². The molecule has 4 aliphatic carbocycles. The van der Waals surface area contributed by atoms with Gasteiger partial charge in [-0.3, -0.25) is 14.4 Å². The minimum Gasteiger partial charge on any atom is -0.458 e. The lowest BCUT2D eigenvalue weighted by Crippen LogP contribution is -2.70. The third kappa shape index (κ3) is 3.66. The fourth-order valence-corrected chi connectivity index (χ4v) is 8.55. The van der Waals surface area contributed by atoms with Crippen LogP contribution in [0.25, 0.3) is 0 Å². The maximum Gasteiger partial charge on any atom is 0.306 e. The molecule has 1 saturated heterocycles. The second-order valence-corrected chi connectivity index (χ2v) is 14.2. The molecule has 5 aliphatic rings. The summed E-state index contributed by atoms with van der Waals surface area (Å²) in [5.41, 5.74) is -5.17. The first-order valence-corrected chi connectivity index (χ1v) is 13.8. The minimum absolute atomic E-state index is 0.0209. The van der Waals surface area contributed by atoms with Crippen LogP contribution in [0.2, 0.25) is 0 Å². The number of allylic oxidation sites excluding steroid dienone is 4. The van der Waals surface area contributed by atoms with E-state index in [9.17, 15) is 19.5 Å². The first kappa shape index (κ1) is 27.7. The Labute approximate surface area is 224 Å². The lowest BCUT2D eigenvalue weighted by atomic mass is 9.44. The van der Waals surface area contributed by atoms with Crippen LogP contribution in [0.3, 0.4) is 0 Å². The van der Waals surface area contributed by atoms with Crippen LogP contribution in [-0.2, 0) is 28.6 Å². The molecule has 1 heterocycles. The van der Waals surface area contributed by atoms with Gasteiger partial charge in [-0.1, -0.05) is 39.3 Å². The van der Waals surface area contributed by atoms with E-state index >= 15 is 4.39 Å². The molecule has 0 amide bonds. The molecule has 3 saturated carbocycles. The second kappa shape index (κ2) is 8.31. The molecule has 8 heteroatoms. The molecule has 1 aliphatic heterocycles. The molecule has 0 bridgehead atoms. The third-order valence-electron chi connectivity index (χ3n) is 10.1. The van der Waals surface area contributed by atoms with Crippen molar-refractivity contribution in [1.82, 2.24) is 0 Å². The van der Waals surface area contributed by atoms with Crippen molar-refractivity contribution in [2.75, 3.05) is 6.61 Å². The summed E-state index contributed by atoms with van der Waals surface area (Å²) in [6, 6.07) is 0. The fraction of sp³-hybridized carbons (Fsp3) is 0.767. The summed E-state index contributed by atoms with van der Waals surface area (Å²) in [6.45, 7) is 12.4. The van der Waals surface area contributed by atoms with Gasteiger partial charge in [0.2, 0.25) is 5.78 Å². The Hall–Kier alpha value is -1.90. The van der Waals surface area contributed by atoms with E-state index in [0.717, 1.165) is 0 Å². The number of ketones is 2. The predicted octanol–water partition coefficient (Wildman–Crippen LogP) is 4.41. The van der Waals surface area contributed by atoms with E-state index in [1.165, 1.54) is 12.2 Å². The largest absolute Gasteiger partial charge is 0.458 e. The lowest BCUT2D eigenvalue weighted by molar-refractivity contribution is -0.246. The number of halogens is 1. The number of Topliss-reactive ketones (excluding diaryl/α,β-unsaturated/α-hetero) is 1. The number of ether oxygens (including phenoxy) is 3. The van der Waals surface area contributed by atoms with Gasteiger partial charge in [-0.05, 0) is 69.9 Å². The van der Waals surface area contributed by atoms with Gasteiger partial charge in [0.05, 0.1) is 18.6 Å². The van der Waals surface area contributed by atoms with Crippen LogP contribution in [0.5, 0.6) is 0 Å². The maximum absolute atomic E-state index is 17.4. The van der Waals surface area contributed by atoms with E-state index in [4.69, 9.17) is 14.2 Å². The van der Waals surface area contributed by atoms with Crippen molar-refractivity contribution >= 4 is 17.5 Å². The topological polar surface area (TPSA) is 99.1 Å². The minimum atomic E-state index is -2.02. The zero-order valence-corrected chi connectivity index (χ0v) is 23.6. The Bertz CT molecular complexity index is 1130. The average Bonchev–Trinajstić information content (AvgIpc) is 3.18. The molecule has 0 aromatic heterocycles. The van der Waals surface area contributed by atoms with Crippen molar-refractivity contribution in [1.29, 1.82) is 0 Å². The normalized spacial score (nSPS) is 45.0. The molecule has 0 radical (unpaired) electrons. The smallest absolute Gasteiger partial charge is 0.306 e. The number of alkyl halides is 1. The number of carbonyl (C=O) groups is 3. The van der Waals surface area contributed by atoms with E-state index in [0.29, 0.717) is 24.8 Å². The zero-order chi connectivity index (χ0) is 28.1. The number of aliphatic hydroxyl groups is 1.